The Labute approximate surface area is 159 Å². The summed E-state index contributed by atoms with van der Waals surface area (Å²) in [5.74, 6) is -0.948. The molecule has 0 radical (unpaired) electrons. The van der Waals surface area contributed by atoms with Gasteiger partial charge in [0.25, 0.3) is 0 Å². The first-order valence-electron chi connectivity index (χ1n) is 8.39. The first-order chi connectivity index (χ1) is 12.5. The molecule has 2 aromatic heterocycles. The lowest BCUT2D eigenvalue weighted by Crippen LogP contribution is -2.18. The maximum atomic E-state index is 11.2. The van der Waals surface area contributed by atoms with Gasteiger partial charge in [-0.05, 0) is 25.3 Å². The summed E-state index contributed by atoms with van der Waals surface area (Å²) in [6.07, 6.45) is 8.55. The highest BCUT2D eigenvalue weighted by Crippen LogP contribution is 2.38. The number of fused-ring (bicyclic) bond motifs is 1. The van der Waals surface area contributed by atoms with Crippen molar-refractivity contribution in [2.24, 2.45) is 0 Å². The fraction of sp³-hybridized carbons (Fsp3) is 0.333. The number of carboxylic acid groups (broad SMARTS) is 1. The Balaban J connectivity index is 1.80. The largest absolute Gasteiger partial charge is 0.480 e. The van der Waals surface area contributed by atoms with Gasteiger partial charge in [-0.15, -0.1) is 0 Å². The SMILES string of the molecule is O=C(O)Cn1cc(-c2cnn(C3CCCCO3)c2)c2ccc(Cl)c(Cl)c21. The third-order valence-corrected chi connectivity index (χ3v) is 5.39. The molecule has 6 nitrogen and oxygen atoms in total. The van der Waals surface area contributed by atoms with Gasteiger partial charge in [-0.2, -0.15) is 5.10 Å². The van der Waals surface area contributed by atoms with Crippen molar-refractivity contribution in [1.82, 2.24) is 14.3 Å². The number of nitrogens with zero attached hydrogens (tertiary/aromatic N) is 3. The predicted octanol–water partition coefficient (Wildman–Crippen LogP) is 4.60. The van der Waals surface area contributed by atoms with Gasteiger partial charge >= 0.3 is 5.97 Å². The fourth-order valence-corrected chi connectivity index (χ4v) is 3.82. The van der Waals surface area contributed by atoms with Gasteiger partial charge in [-0.3, -0.25) is 4.79 Å². The summed E-state index contributed by atoms with van der Waals surface area (Å²) in [5, 5.41) is 15.2. The monoisotopic (exact) mass is 393 g/mol. The number of hydrogen-bond acceptors (Lipinski definition) is 3. The minimum atomic E-state index is -0.948. The van der Waals surface area contributed by atoms with E-state index in [1.165, 1.54) is 0 Å². The van der Waals surface area contributed by atoms with E-state index in [4.69, 9.17) is 27.9 Å². The first kappa shape index (κ1) is 17.4. The number of carboxylic acids is 1. The standard InChI is InChI=1S/C18H17Cl2N3O3/c19-14-5-4-12-13(9-22(10-16(24)25)18(12)17(14)20)11-7-21-23(8-11)15-3-1-2-6-26-15/h4-5,7-9,15H,1-3,6,10H2,(H,24,25). The second-order valence-electron chi connectivity index (χ2n) is 6.35. The van der Waals surface area contributed by atoms with Crippen LogP contribution in [0.3, 0.4) is 0 Å². The van der Waals surface area contributed by atoms with Crippen molar-refractivity contribution in [2.45, 2.75) is 32.0 Å². The number of halogens is 2. The summed E-state index contributed by atoms with van der Waals surface area (Å²) in [6, 6.07) is 3.57. The molecule has 1 aromatic carbocycles. The van der Waals surface area contributed by atoms with Crippen LogP contribution >= 0.6 is 23.2 Å². The Kier molecular flexibility index (Phi) is 4.65. The van der Waals surface area contributed by atoms with Crippen molar-refractivity contribution >= 4 is 40.1 Å². The molecule has 1 unspecified atom stereocenters. The number of carbonyl (C=O) groups is 1. The summed E-state index contributed by atoms with van der Waals surface area (Å²) < 4.78 is 9.20. The van der Waals surface area contributed by atoms with Gasteiger partial charge in [0.05, 0.1) is 21.8 Å². The van der Waals surface area contributed by atoms with Crippen molar-refractivity contribution in [1.29, 1.82) is 0 Å². The van der Waals surface area contributed by atoms with Crippen LogP contribution in [0.2, 0.25) is 10.0 Å². The van der Waals surface area contributed by atoms with E-state index in [1.807, 2.05) is 16.9 Å². The molecule has 0 saturated carbocycles. The minimum absolute atomic E-state index is 0.0529. The molecule has 1 saturated heterocycles. The van der Waals surface area contributed by atoms with E-state index >= 15 is 0 Å². The second kappa shape index (κ2) is 6.95. The van der Waals surface area contributed by atoms with Crippen LogP contribution in [0.4, 0.5) is 0 Å². The van der Waals surface area contributed by atoms with Crippen molar-refractivity contribution in [2.75, 3.05) is 6.61 Å². The Hall–Kier alpha value is -2.02. The molecule has 1 atom stereocenters. The molecule has 3 heterocycles. The number of aliphatic carboxylic acids is 1. The molecular formula is C18H17Cl2N3O3. The van der Waals surface area contributed by atoms with Crippen LogP contribution in [-0.4, -0.2) is 32.0 Å². The Morgan fingerprint density at radius 2 is 2.15 bits per heavy atom. The summed E-state index contributed by atoms with van der Waals surface area (Å²) in [7, 11) is 0. The molecule has 0 aliphatic carbocycles. The number of aromatic nitrogens is 3. The Bertz CT molecular complexity index is 974. The second-order valence-corrected chi connectivity index (χ2v) is 7.14. The molecule has 1 aliphatic heterocycles. The minimum Gasteiger partial charge on any atom is -0.480 e. The van der Waals surface area contributed by atoms with Crippen LogP contribution in [0.5, 0.6) is 0 Å². The number of hydrogen-bond donors (Lipinski definition) is 1. The molecule has 1 N–H and O–H groups in total. The highest BCUT2D eigenvalue weighted by atomic mass is 35.5. The molecule has 3 aromatic rings. The highest BCUT2D eigenvalue weighted by molar-refractivity contribution is 6.45. The lowest BCUT2D eigenvalue weighted by atomic mass is 10.1. The summed E-state index contributed by atoms with van der Waals surface area (Å²) in [4.78, 5) is 11.2. The average molecular weight is 394 g/mol. The third-order valence-electron chi connectivity index (χ3n) is 4.60. The number of benzene rings is 1. The molecule has 0 amide bonds. The smallest absolute Gasteiger partial charge is 0.323 e. The topological polar surface area (TPSA) is 69.3 Å². The Morgan fingerprint density at radius 3 is 2.88 bits per heavy atom. The first-order valence-corrected chi connectivity index (χ1v) is 9.15. The van der Waals surface area contributed by atoms with Gasteiger partial charge in [0.1, 0.15) is 12.8 Å². The van der Waals surface area contributed by atoms with E-state index < -0.39 is 5.97 Å². The molecule has 136 valence electrons. The lowest BCUT2D eigenvalue weighted by molar-refractivity contribution is -0.137. The van der Waals surface area contributed by atoms with Crippen molar-refractivity contribution in [3.05, 3.63) is 40.8 Å². The molecular weight excluding hydrogens is 377 g/mol. The lowest BCUT2D eigenvalue weighted by Gasteiger charge is -2.22. The van der Waals surface area contributed by atoms with E-state index in [-0.39, 0.29) is 12.8 Å². The fourth-order valence-electron chi connectivity index (χ4n) is 3.40. The van der Waals surface area contributed by atoms with Crippen LogP contribution in [-0.2, 0) is 16.1 Å². The van der Waals surface area contributed by atoms with Crippen molar-refractivity contribution in [3.8, 4) is 11.1 Å². The average Bonchev–Trinajstić information content (AvgIpc) is 3.24. The molecule has 1 aliphatic rings. The van der Waals surface area contributed by atoms with E-state index in [2.05, 4.69) is 5.10 Å². The van der Waals surface area contributed by atoms with Crippen molar-refractivity contribution < 1.29 is 14.6 Å². The molecule has 0 bridgehead atoms. The molecule has 26 heavy (non-hydrogen) atoms. The maximum absolute atomic E-state index is 11.2. The maximum Gasteiger partial charge on any atom is 0.323 e. The van der Waals surface area contributed by atoms with Crippen molar-refractivity contribution in [3.63, 3.8) is 0 Å². The highest BCUT2D eigenvalue weighted by Gasteiger charge is 2.20. The van der Waals surface area contributed by atoms with Crippen LogP contribution in [0.15, 0.2) is 30.7 Å². The van der Waals surface area contributed by atoms with Gasteiger partial charge in [-0.25, -0.2) is 4.68 Å². The van der Waals surface area contributed by atoms with Crippen LogP contribution in [0.1, 0.15) is 25.5 Å². The summed E-state index contributed by atoms with van der Waals surface area (Å²) in [5.41, 5.74) is 2.35. The van der Waals surface area contributed by atoms with Crippen LogP contribution in [0, 0.1) is 0 Å². The third kappa shape index (κ3) is 3.09. The zero-order valence-corrected chi connectivity index (χ0v) is 15.4. The number of ether oxygens (including phenoxy) is 1. The number of rotatable bonds is 4. The zero-order chi connectivity index (χ0) is 18.3. The summed E-state index contributed by atoms with van der Waals surface area (Å²) >= 11 is 12.5. The normalized spacial score (nSPS) is 17.7. The molecule has 0 spiro atoms. The summed E-state index contributed by atoms with van der Waals surface area (Å²) in [6.45, 7) is 0.544. The van der Waals surface area contributed by atoms with Gasteiger partial charge < -0.3 is 14.4 Å². The van der Waals surface area contributed by atoms with E-state index in [1.54, 1.807) is 23.0 Å². The van der Waals surface area contributed by atoms with Gasteiger partial charge in [0.15, 0.2) is 0 Å². The van der Waals surface area contributed by atoms with E-state index in [0.29, 0.717) is 15.6 Å². The predicted molar refractivity (Wildman–Crippen MR) is 99.7 cm³/mol. The molecule has 8 heteroatoms. The Morgan fingerprint density at radius 1 is 1.31 bits per heavy atom. The quantitative estimate of drug-likeness (QED) is 0.703. The van der Waals surface area contributed by atoms with E-state index in [9.17, 15) is 9.90 Å². The van der Waals surface area contributed by atoms with Gasteiger partial charge in [0.2, 0.25) is 0 Å². The van der Waals surface area contributed by atoms with Gasteiger partial charge in [0, 0.05) is 35.5 Å². The van der Waals surface area contributed by atoms with Crippen LogP contribution in [0.25, 0.3) is 22.0 Å². The zero-order valence-electron chi connectivity index (χ0n) is 13.9. The van der Waals surface area contributed by atoms with Gasteiger partial charge in [-0.1, -0.05) is 29.3 Å². The molecule has 1 fully saturated rings. The van der Waals surface area contributed by atoms with Crippen LogP contribution < -0.4 is 0 Å². The molecule has 4 rings (SSSR count). The van der Waals surface area contributed by atoms with E-state index in [0.717, 1.165) is 42.4 Å².